The van der Waals surface area contributed by atoms with Gasteiger partial charge in [-0.25, -0.2) is 0 Å². The van der Waals surface area contributed by atoms with Crippen molar-refractivity contribution in [3.63, 3.8) is 0 Å². The zero-order valence-electron chi connectivity index (χ0n) is 10.5. The van der Waals surface area contributed by atoms with E-state index in [4.69, 9.17) is 23.2 Å². The normalized spacial score (nSPS) is 11.5. The second-order valence-electron chi connectivity index (χ2n) is 4.14. The monoisotopic (exact) mass is 351 g/mol. The SMILES string of the molecule is FC(F)(F)Sc1ccc(CNc2c(Cl)cccc2Cl)cc1. The van der Waals surface area contributed by atoms with Gasteiger partial charge in [0.05, 0.1) is 15.7 Å². The number of benzene rings is 2. The quantitative estimate of drug-likeness (QED) is 0.656. The summed E-state index contributed by atoms with van der Waals surface area (Å²) in [4.78, 5) is 0.155. The highest BCUT2D eigenvalue weighted by Gasteiger charge is 2.28. The van der Waals surface area contributed by atoms with Crippen LogP contribution in [0.15, 0.2) is 47.4 Å². The van der Waals surface area contributed by atoms with Crippen LogP contribution < -0.4 is 5.32 Å². The fraction of sp³-hybridized carbons (Fsp3) is 0.143. The zero-order chi connectivity index (χ0) is 15.5. The second kappa shape index (κ2) is 6.81. The van der Waals surface area contributed by atoms with E-state index in [0.29, 0.717) is 22.3 Å². The van der Waals surface area contributed by atoms with E-state index in [1.165, 1.54) is 12.1 Å². The highest BCUT2D eigenvalue weighted by Crippen LogP contribution is 2.36. The van der Waals surface area contributed by atoms with E-state index >= 15 is 0 Å². The molecule has 0 aliphatic heterocycles. The predicted molar refractivity (Wildman–Crippen MR) is 82.1 cm³/mol. The molecule has 0 aliphatic carbocycles. The van der Waals surface area contributed by atoms with Crippen LogP contribution in [0.1, 0.15) is 5.56 Å². The van der Waals surface area contributed by atoms with Crippen molar-refractivity contribution < 1.29 is 13.2 Å². The summed E-state index contributed by atoms with van der Waals surface area (Å²) in [5, 5.41) is 4.06. The first-order valence-corrected chi connectivity index (χ1v) is 7.45. The molecule has 0 fully saturated rings. The molecule has 21 heavy (non-hydrogen) atoms. The molecule has 1 nitrogen and oxygen atoms in total. The summed E-state index contributed by atoms with van der Waals surface area (Å²) in [5.74, 6) is 0. The van der Waals surface area contributed by atoms with Gasteiger partial charge in [0.15, 0.2) is 0 Å². The number of thioether (sulfide) groups is 1. The number of para-hydroxylation sites is 1. The Kier molecular flexibility index (Phi) is 5.30. The maximum Gasteiger partial charge on any atom is 0.446 e. The first-order valence-electron chi connectivity index (χ1n) is 5.88. The minimum atomic E-state index is -4.27. The molecule has 2 aromatic rings. The minimum Gasteiger partial charge on any atom is -0.379 e. The summed E-state index contributed by atoms with van der Waals surface area (Å²) in [6.45, 7) is 0.417. The predicted octanol–water partition coefficient (Wildman–Crippen LogP) is 6.22. The van der Waals surface area contributed by atoms with Crippen LogP contribution in [0.5, 0.6) is 0 Å². The van der Waals surface area contributed by atoms with Crippen LogP contribution in [0, 0.1) is 0 Å². The Morgan fingerprint density at radius 3 is 2.05 bits per heavy atom. The van der Waals surface area contributed by atoms with Gasteiger partial charge in [0.25, 0.3) is 0 Å². The molecule has 0 heterocycles. The molecule has 0 atom stereocenters. The van der Waals surface area contributed by atoms with Gasteiger partial charge in [-0.3, -0.25) is 0 Å². The highest BCUT2D eigenvalue weighted by atomic mass is 35.5. The van der Waals surface area contributed by atoms with E-state index in [-0.39, 0.29) is 16.7 Å². The van der Waals surface area contributed by atoms with Crippen molar-refractivity contribution >= 4 is 40.7 Å². The molecule has 1 N–H and O–H groups in total. The van der Waals surface area contributed by atoms with Crippen LogP contribution in [0.3, 0.4) is 0 Å². The van der Waals surface area contributed by atoms with Crippen LogP contribution in [-0.4, -0.2) is 5.51 Å². The largest absolute Gasteiger partial charge is 0.446 e. The van der Waals surface area contributed by atoms with Crippen molar-refractivity contribution in [1.82, 2.24) is 0 Å². The Balaban J connectivity index is 2.01. The van der Waals surface area contributed by atoms with Crippen LogP contribution >= 0.6 is 35.0 Å². The van der Waals surface area contributed by atoms with Gasteiger partial charge >= 0.3 is 5.51 Å². The smallest absolute Gasteiger partial charge is 0.379 e. The van der Waals surface area contributed by atoms with E-state index in [9.17, 15) is 13.2 Å². The second-order valence-corrected chi connectivity index (χ2v) is 6.09. The third kappa shape index (κ3) is 5.02. The maximum absolute atomic E-state index is 12.2. The van der Waals surface area contributed by atoms with Crippen molar-refractivity contribution in [2.75, 3.05) is 5.32 Å². The van der Waals surface area contributed by atoms with E-state index in [1.54, 1.807) is 30.3 Å². The molecule has 0 bridgehead atoms. The van der Waals surface area contributed by atoms with Gasteiger partial charge in [-0.2, -0.15) is 13.2 Å². The first kappa shape index (κ1) is 16.3. The van der Waals surface area contributed by atoms with Gasteiger partial charge in [0.2, 0.25) is 0 Å². The number of anilines is 1. The molecule has 0 aromatic heterocycles. The molecular weight excluding hydrogens is 342 g/mol. The number of alkyl halides is 3. The average molecular weight is 352 g/mol. The van der Waals surface area contributed by atoms with Crippen molar-refractivity contribution in [2.24, 2.45) is 0 Å². The highest BCUT2D eigenvalue weighted by molar-refractivity contribution is 8.00. The van der Waals surface area contributed by atoms with Gasteiger partial charge in [-0.05, 0) is 41.6 Å². The average Bonchev–Trinajstić information content (AvgIpc) is 2.38. The van der Waals surface area contributed by atoms with E-state index in [0.717, 1.165) is 5.56 Å². The minimum absolute atomic E-state index is 0.134. The molecular formula is C14H10Cl2F3NS. The molecule has 2 aromatic carbocycles. The zero-order valence-corrected chi connectivity index (χ0v) is 12.9. The molecule has 0 unspecified atom stereocenters. The van der Waals surface area contributed by atoms with Crippen molar-refractivity contribution in [3.8, 4) is 0 Å². The molecule has 0 aliphatic rings. The van der Waals surface area contributed by atoms with E-state index in [1.807, 2.05) is 0 Å². The Morgan fingerprint density at radius 1 is 0.952 bits per heavy atom. The standard InChI is InChI=1S/C14H10Cl2F3NS/c15-11-2-1-3-12(16)13(11)20-8-9-4-6-10(7-5-9)21-14(17,18)19/h1-7,20H,8H2. The van der Waals surface area contributed by atoms with Crippen LogP contribution in [0.2, 0.25) is 10.0 Å². The number of nitrogens with one attached hydrogen (secondary N) is 1. The number of rotatable bonds is 4. The Hall–Kier alpha value is -1.04. The summed E-state index contributed by atoms with van der Waals surface area (Å²) in [6.07, 6.45) is 0. The summed E-state index contributed by atoms with van der Waals surface area (Å²) < 4.78 is 36.7. The van der Waals surface area contributed by atoms with Gasteiger partial charge in [0, 0.05) is 11.4 Å². The summed E-state index contributed by atoms with van der Waals surface area (Å²) >= 11 is 11.9. The lowest BCUT2D eigenvalue weighted by Crippen LogP contribution is -2.01. The summed E-state index contributed by atoms with van der Waals surface area (Å²) in [7, 11) is 0. The molecule has 0 saturated heterocycles. The van der Waals surface area contributed by atoms with Crippen molar-refractivity contribution in [3.05, 3.63) is 58.1 Å². The fourth-order valence-corrected chi connectivity index (χ4v) is 2.74. The lowest BCUT2D eigenvalue weighted by Gasteiger charge is -2.11. The molecule has 7 heteroatoms. The third-order valence-electron chi connectivity index (χ3n) is 2.59. The van der Waals surface area contributed by atoms with E-state index < -0.39 is 5.51 Å². The number of hydrogen-bond acceptors (Lipinski definition) is 2. The van der Waals surface area contributed by atoms with Gasteiger partial charge in [0.1, 0.15) is 0 Å². The topological polar surface area (TPSA) is 12.0 Å². The van der Waals surface area contributed by atoms with Crippen LogP contribution in [0.4, 0.5) is 18.9 Å². The Bertz CT molecular complexity index is 594. The lowest BCUT2D eigenvalue weighted by atomic mass is 10.2. The maximum atomic E-state index is 12.2. The molecule has 112 valence electrons. The van der Waals surface area contributed by atoms with Crippen LogP contribution in [0.25, 0.3) is 0 Å². The van der Waals surface area contributed by atoms with Gasteiger partial charge in [-0.1, -0.05) is 41.4 Å². The van der Waals surface area contributed by atoms with Crippen LogP contribution in [-0.2, 0) is 6.54 Å². The molecule has 0 amide bonds. The first-order chi connectivity index (χ1) is 9.85. The number of hydrogen-bond donors (Lipinski definition) is 1. The van der Waals surface area contributed by atoms with Crippen molar-refractivity contribution in [1.29, 1.82) is 0 Å². The van der Waals surface area contributed by atoms with Crippen molar-refractivity contribution in [2.45, 2.75) is 16.9 Å². The number of halogens is 5. The third-order valence-corrected chi connectivity index (χ3v) is 3.96. The molecule has 0 saturated carbocycles. The van der Waals surface area contributed by atoms with Gasteiger partial charge < -0.3 is 5.32 Å². The lowest BCUT2D eigenvalue weighted by molar-refractivity contribution is -0.0328. The summed E-state index contributed by atoms with van der Waals surface area (Å²) in [6, 6.07) is 11.3. The molecule has 2 rings (SSSR count). The van der Waals surface area contributed by atoms with Gasteiger partial charge in [-0.15, -0.1) is 0 Å². The molecule has 0 radical (unpaired) electrons. The Labute approximate surface area is 134 Å². The summed E-state index contributed by atoms with van der Waals surface area (Å²) in [5.41, 5.74) is -2.84. The fourth-order valence-electron chi connectivity index (χ4n) is 1.67. The molecule has 0 spiro atoms. The Morgan fingerprint density at radius 2 is 1.52 bits per heavy atom. The van der Waals surface area contributed by atoms with E-state index in [2.05, 4.69) is 5.32 Å².